The molecule has 3 aromatic carbocycles. The molecule has 1 fully saturated rings. The third-order valence-electron chi connectivity index (χ3n) is 7.80. The van der Waals surface area contributed by atoms with Gasteiger partial charge in [0.2, 0.25) is 5.91 Å². The summed E-state index contributed by atoms with van der Waals surface area (Å²) in [4.78, 5) is 36.9. The predicted octanol–water partition coefficient (Wildman–Crippen LogP) is 4.71. The molecule has 4 aromatic rings. The number of carbonyl (C=O) groups excluding carboxylic acids is 2. The van der Waals surface area contributed by atoms with Crippen molar-refractivity contribution in [1.29, 1.82) is 0 Å². The minimum Gasteiger partial charge on any atom is -0.496 e. The van der Waals surface area contributed by atoms with Crippen molar-refractivity contribution >= 4 is 17.5 Å². The first kappa shape index (κ1) is 28.8. The van der Waals surface area contributed by atoms with Gasteiger partial charge >= 0.3 is 0 Å². The van der Waals surface area contributed by atoms with E-state index in [2.05, 4.69) is 16.0 Å². The summed E-state index contributed by atoms with van der Waals surface area (Å²) in [6, 6.07) is 17.9. The molecule has 42 heavy (non-hydrogen) atoms. The van der Waals surface area contributed by atoms with Crippen molar-refractivity contribution in [2.45, 2.75) is 32.9 Å². The van der Waals surface area contributed by atoms with E-state index in [1.54, 1.807) is 25.4 Å². The molecule has 0 radical (unpaired) electrons. The van der Waals surface area contributed by atoms with Crippen molar-refractivity contribution in [3.63, 3.8) is 0 Å². The van der Waals surface area contributed by atoms with Crippen LogP contribution in [0.3, 0.4) is 0 Å². The smallest absolute Gasteiger partial charge is 0.263 e. The molecule has 2 amide bonds. The Morgan fingerprint density at radius 3 is 2.45 bits per heavy atom. The number of amides is 2. The second kappa shape index (κ2) is 12.0. The van der Waals surface area contributed by atoms with Crippen molar-refractivity contribution in [2.24, 2.45) is 7.05 Å². The first-order chi connectivity index (χ1) is 20.2. The average molecular weight is 569 g/mol. The summed E-state index contributed by atoms with van der Waals surface area (Å²) >= 11 is 0. The van der Waals surface area contributed by atoms with Crippen LogP contribution in [0.2, 0.25) is 0 Å². The summed E-state index contributed by atoms with van der Waals surface area (Å²) in [6.07, 6.45) is 1.97. The Kier molecular flexibility index (Phi) is 8.22. The fourth-order valence-electron chi connectivity index (χ4n) is 5.38. The van der Waals surface area contributed by atoms with E-state index >= 15 is 4.39 Å². The molecule has 9 heteroatoms. The summed E-state index contributed by atoms with van der Waals surface area (Å²) < 4.78 is 22.4. The number of aryl methyl sites for hydroxylation is 1. The molecule has 1 saturated heterocycles. The Hall–Kier alpha value is -4.76. The molecule has 1 atom stereocenters. The maximum absolute atomic E-state index is 15.5. The van der Waals surface area contributed by atoms with Crippen molar-refractivity contribution in [3.8, 4) is 28.0 Å². The average Bonchev–Trinajstić information content (AvgIpc) is 3.39. The van der Waals surface area contributed by atoms with Crippen LogP contribution in [0, 0.1) is 19.7 Å². The molecule has 0 aliphatic carbocycles. The molecule has 8 nitrogen and oxygen atoms in total. The highest BCUT2D eigenvalue weighted by Crippen LogP contribution is 2.37. The van der Waals surface area contributed by atoms with Crippen LogP contribution in [0.4, 0.5) is 10.1 Å². The van der Waals surface area contributed by atoms with Gasteiger partial charge in [-0.05, 0) is 77.6 Å². The van der Waals surface area contributed by atoms with E-state index in [9.17, 15) is 14.4 Å². The maximum Gasteiger partial charge on any atom is 0.263 e. The molecule has 0 spiro atoms. The third-order valence-corrected chi connectivity index (χ3v) is 7.80. The van der Waals surface area contributed by atoms with Crippen LogP contribution in [0.25, 0.3) is 22.3 Å². The van der Waals surface area contributed by atoms with E-state index in [-0.39, 0.29) is 29.6 Å². The standard InChI is InChI=1S/C33H33FN4O4/c1-19-23(21-14-28(34)27(30(15-21)42-4)18-35-22-16-31(39)36-17-22)8-5-9-24(19)25-10-6-12-29(20(25)2)37-32(40)26-11-7-13-38(3)33(26)41/h5-15,22,35H,16-18H2,1-4H3,(H,36,39)(H,37,40)/t22-/m1/s1. The van der Waals surface area contributed by atoms with Gasteiger partial charge in [0.25, 0.3) is 11.5 Å². The van der Waals surface area contributed by atoms with E-state index in [1.807, 2.05) is 50.2 Å². The predicted molar refractivity (Wildman–Crippen MR) is 161 cm³/mol. The molecule has 2 heterocycles. The lowest BCUT2D eigenvalue weighted by molar-refractivity contribution is -0.119. The molecule has 1 aliphatic heterocycles. The Balaban J connectivity index is 1.45. The van der Waals surface area contributed by atoms with E-state index in [0.717, 1.165) is 27.8 Å². The number of nitrogens with zero attached hydrogens (tertiary/aromatic N) is 1. The van der Waals surface area contributed by atoms with Gasteiger partial charge in [-0.1, -0.05) is 30.3 Å². The van der Waals surface area contributed by atoms with Gasteiger partial charge in [-0.25, -0.2) is 4.39 Å². The zero-order valence-corrected chi connectivity index (χ0v) is 24.0. The number of anilines is 1. The molecule has 0 bridgehead atoms. The fraction of sp³-hybridized carbons (Fsp3) is 0.242. The highest BCUT2D eigenvalue weighted by molar-refractivity contribution is 6.05. The van der Waals surface area contributed by atoms with Crippen LogP contribution >= 0.6 is 0 Å². The molecule has 0 saturated carbocycles. The summed E-state index contributed by atoms with van der Waals surface area (Å²) in [7, 11) is 3.12. The van der Waals surface area contributed by atoms with Gasteiger partial charge in [0, 0.05) is 50.0 Å². The van der Waals surface area contributed by atoms with Gasteiger partial charge in [0.15, 0.2) is 0 Å². The number of carbonyl (C=O) groups is 2. The lowest BCUT2D eigenvalue weighted by Gasteiger charge is -2.18. The maximum atomic E-state index is 15.5. The highest BCUT2D eigenvalue weighted by atomic mass is 19.1. The molecule has 1 aromatic heterocycles. The van der Waals surface area contributed by atoms with Crippen LogP contribution < -0.4 is 26.2 Å². The van der Waals surface area contributed by atoms with Gasteiger partial charge < -0.3 is 25.3 Å². The van der Waals surface area contributed by atoms with E-state index in [4.69, 9.17) is 4.74 Å². The number of benzene rings is 3. The SMILES string of the molecule is COc1cc(-c2cccc(-c3cccc(NC(=O)c4cccn(C)c4=O)c3C)c2C)cc(F)c1CN[C@H]1CNC(=O)C1. The first-order valence-electron chi connectivity index (χ1n) is 13.7. The minimum atomic E-state index is -0.477. The minimum absolute atomic E-state index is 0.0178. The van der Waals surface area contributed by atoms with E-state index in [1.165, 1.54) is 23.8 Å². The largest absolute Gasteiger partial charge is 0.496 e. The molecular formula is C33H33FN4O4. The van der Waals surface area contributed by atoms with Gasteiger partial charge in [-0.3, -0.25) is 14.4 Å². The van der Waals surface area contributed by atoms with Crippen LogP contribution in [0.1, 0.15) is 33.5 Å². The molecule has 216 valence electrons. The topological polar surface area (TPSA) is 101 Å². The van der Waals surface area contributed by atoms with Crippen molar-refractivity contribution in [3.05, 3.63) is 105 Å². The van der Waals surface area contributed by atoms with E-state index in [0.29, 0.717) is 35.5 Å². The highest BCUT2D eigenvalue weighted by Gasteiger charge is 2.23. The number of pyridine rings is 1. The quantitative estimate of drug-likeness (QED) is 0.286. The normalized spacial score (nSPS) is 14.5. The zero-order chi connectivity index (χ0) is 30.0. The van der Waals surface area contributed by atoms with Gasteiger partial charge in [0.05, 0.1) is 7.11 Å². The van der Waals surface area contributed by atoms with Crippen LogP contribution in [0.5, 0.6) is 5.75 Å². The Labute approximate surface area is 243 Å². The first-order valence-corrected chi connectivity index (χ1v) is 13.7. The second-order valence-electron chi connectivity index (χ2n) is 10.5. The number of rotatable bonds is 8. The lowest BCUT2D eigenvalue weighted by atomic mass is 9.90. The Bertz CT molecular complexity index is 1750. The zero-order valence-electron chi connectivity index (χ0n) is 24.0. The molecule has 0 unspecified atom stereocenters. The van der Waals surface area contributed by atoms with Gasteiger partial charge in [0.1, 0.15) is 17.1 Å². The number of methoxy groups -OCH3 is 1. The summed E-state index contributed by atoms with van der Waals surface area (Å²) in [6.45, 7) is 4.65. The number of halogens is 1. The molecular weight excluding hydrogens is 535 g/mol. The second-order valence-corrected chi connectivity index (χ2v) is 10.5. The van der Waals surface area contributed by atoms with Crippen molar-refractivity contribution < 1.29 is 18.7 Å². The van der Waals surface area contributed by atoms with Gasteiger partial charge in [-0.2, -0.15) is 0 Å². The van der Waals surface area contributed by atoms with Crippen LogP contribution in [-0.2, 0) is 18.4 Å². The number of hydrogen-bond acceptors (Lipinski definition) is 5. The Morgan fingerprint density at radius 1 is 1.02 bits per heavy atom. The van der Waals surface area contributed by atoms with E-state index < -0.39 is 11.7 Å². The summed E-state index contributed by atoms with van der Waals surface area (Å²) in [5.74, 6) is -0.468. The van der Waals surface area contributed by atoms with Crippen LogP contribution in [0.15, 0.2) is 71.7 Å². The van der Waals surface area contributed by atoms with Crippen LogP contribution in [-0.4, -0.2) is 36.1 Å². The van der Waals surface area contributed by atoms with Gasteiger partial charge in [-0.15, -0.1) is 0 Å². The molecule has 1 aliphatic rings. The number of ether oxygens (including phenoxy) is 1. The number of hydrogen-bond donors (Lipinski definition) is 3. The van der Waals surface area contributed by atoms with Crippen molar-refractivity contribution in [2.75, 3.05) is 19.0 Å². The molecule has 5 rings (SSSR count). The lowest BCUT2D eigenvalue weighted by Crippen LogP contribution is -2.30. The monoisotopic (exact) mass is 568 g/mol. The number of nitrogens with one attached hydrogen (secondary N) is 3. The fourth-order valence-corrected chi connectivity index (χ4v) is 5.38. The Morgan fingerprint density at radius 2 is 1.74 bits per heavy atom. The van der Waals surface area contributed by atoms with Crippen molar-refractivity contribution in [1.82, 2.24) is 15.2 Å². The third kappa shape index (κ3) is 5.69. The summed E-state index contributed by atoms with van der Waals surface area (Å²) in [5, 5.41) is 8.89. The summed E-state index contributed by atoms with van der Waals surface area (Å²) in [5.41, 5.74) is 5.81. The molecule has 3 N–H and O–H groups in total. The number of aromatic nitrogens is 1.